The van der Waals surface area contributed by atoms with Crippen molar-refractivity contribution in [1.82, 2.24) is 10.2 Å². The predicted octanol–water partition coefficient (Wildman–Crippen LogP) is 2.37. The highest BCUT2D eigenvalue weighted by atomic mass is 16.6. The van der Waals surface area contributed by atoms with Gasteiger partial charge in [-0.25, -0.2) is 14.4 Å². The molecule has 1 aliphatic rings. The number of para-hydroxylation sites is 1. The Labute approximate surface area is 156 Å². The standard InChI is InChI=1S/C18H22N2O7/c1-6-25-16(21)13(10(2)26-17(22)19-3)14-11-8-7-9-12(24-5)15(11)27-18(23)20(14)4/h7-9,14H,6H2,1-5H3,(H,19,22)/b13-10-. The van der Waals surface area contributed by atoms with E-state index in [4.69, 9.17) is 18.9 Å². The molecule has 1 unspecified atom stereocenters. The van der Waals surface area contributed by atoms with Crippen molar-refractivity contribution in [3.8, 4) is 11.5 Å². The molecular weight excluding hydrogens is 356 g/mol. The number of methoxy groups -OCH3 is 1. The number of carbonyl (C=O) groups is 3. The van der Waals surface area contributed by atoms with Gasteiger partial charge in [-0.05, 0) is 19.9 Å². The van der Waals surface area contributed by atoms with Crippen molar-refractivity contribution in [2.75, 3.05) is 27.8 Å². The lowest BCUT2D eigenvalue weighted by atomic mass is 9.94. The van der Waals surface area contributed by atoms with Crippen LogP contribution >= 0.6 is 0 Å². The Morgan fingerprint density at radius 1 is 1.33 bits per heavy atom. The molecule has 0 aromatic heterocycles. The molecule has 0 fully saturated rings. The Bertz CT molecular complexity index is 788. The van der Waals surface area contributed by atoms with Crippen molar-refractivity contribution in [3.63, 3.8) is 0 Å². The molecule has 9 heteroatoms. The first-order valence-electron chi connectivity index (χ1n) is 8.24. The number of alkyl carbamates (subject to hydrolysis) is 1. The lowest BCUT2D eigenvalue weighted by Crippen LogP contribution is -2.41. The molecule has 0 bridgehead atoms. The van der Waals surface area contributed by atoms with Gasteiger partial charge < -0.3 is 24.3 Å². The maximum absolute atomic E-state index is 12.7. The highest BCUT2D eigenvalue weighted by Crippen LogP contribution is 2.44. The summed E-state index contributed by atoms with van der Waals surface area (Å²) in [6.07, 6.45) is -1.44. The van der Waals surface area contributed by atoms with Crippen molar-refractivity contribution in [1.29, 1.82) is 0 Å². The number of fused-ring (bicyclic) bond motifs is 1. The lowest BCUT2D eigenvalue weighted by Gasteiger charge is -2.35. The van der Waals surface area contributed by atoms with Crippen LogP contribution in [0.3, 0.4) is 0 Å². The van der Waals surface area contributed by atoms with Gasteiger partial charge in [0.2, 0.25) is 0 Å². The summed E-state index contributed by atoms with van der Waals surface area (Å²) in [6, 6.07) is 4.14. The van der Waals surface area contributed by atoms with Gasteiger partial charge in [0, 0.05) is 19.7 Å². The molecule has 2 amide bonds. The zero-order valence-electron chi connectivity index (χ0n) is 15.8. The molecule has 0 saturated carbocycles. The quantitative estimate of drug-likeness (QED) is 0.476. The Kier molecular flexibility index (Phi) is 6.27. The van der Waals surface area contributed by atoms with E-state index in [-0.39, 0.29) is 23.7 Å². The second-order valence-corrected chi connectivity index (χ2v) is 5.59. The third-order valence-electron chi connectivity index (χ3n) is 3.99. The highest BCUT2D eigenvalue weighted by molar-refractivity contribution is 5.93. The van der Waals surface area contributed by atoms with Crippen LogP contribution in [0.2, 0.25) is 0 Å². The van der Waals surface area contributed by atoms with Crippen LogP contribution in [-0.4, -0.2) is 50.9 Å². The Hall–Kier alpha value is -3.23. The van der Waals surface area contributed by atoms with Gasteiger partial charge in [-0.2, -0.15) is 0 Å². The smallest absolute Gasteiger partial charge is 0.415 e. The Balaban J connectivity index is 2.67. The number of likely N-dealkylation sites (N-methyl/N-ethyl adjacent to an activating group) is 1. The van der Waals surface area contributed by atoms with Crippen molar-refractivity contribution >= 4 is 18.2 Å². The van der Waals surface area contributed by atoms with Crippen LogP contribution in [0.15, 0.2) is 29.5 Å². The predicted molar refractivity (Wildman–Crippen MR) is 94.4 cm³/mol. The summed E-state index contributed by atoms with van der Waals surface area (Å²) in [4.78, 5) is 37.9. The van der Waals surface area contributed by atoms with E-state index in [1.165, 1.54) is 33.0 Å². The van der Waals surface area contributed by atoms with E-state index in [1.807, 2.05) is 0 Å². The molecular formula is C18H22N2O7. The number of nitrogens with zero attached hydrogens (tertiary/aromatic N) is 1. The monoisotopic (exact) mass is 378 g/mol. The maximum Gasteiger partial charge on any atom is 0.415 e. The topological polar surface area (TPSA) is 103 Å². The van der Waals surface area contributed by atoms with Gasteiger partial charge in [0.25, 0.3) is 0 Å². The van der Waals surface area contributed by atoms with Gasteiger partial charge in [-0.3, -0.25) is 4.90 Å². The molecule has 1 aromatic carbocycles. The molecule has 0 aliphatic carbocycles. The summed E-state index contributed by atoms with van der Waals surface area (Å²) in [6.45, 7) is 3.22. The van der Waals surface area contributed by atoms with Crippen LogP contribution in [-0.2, 0) is 14.3 Å². The zero-order chi connectivity index (χ0) is 20.1. The fraction of sp³-hybridized carbons (Fsp3) is 0.389. The first-order valence-corrected chi connectivity index (χ1v) is 8.24. The number of hydrogen-bond donors (Lipinski definition) is 1. The van der Waals surface area contributed by atoms with Crippen LogP contribution < -0.4 is 14.8 Å². The first-order chi connectivity index (χ1) is 12.8. The molecule has 1 aliphatic heterocycles. The average molecular weight is 378 g/mol. The van der Waals surface area contributed by atoms with Gasteiger partial charge in [0.1, 0.15) is 11.3 Å². The summed E-state index contributed by atoms with van der Waals surface area (Å²) < 4.78 is 20.9. The number of nitrogens with one attached hydrogen (secondary N) is 1. The number of ether oxygens (including phenoxy) is 4. The van der Waals surface area contributed by atoms with Gasteiger partial charge >= 0.3 is 18.2 Å². The second kappa shape index (κ2) is 8.43. The maximum atomic E-state index is 12.7. The summed E-state index contributed by atoms with van der Waals surface area (Å²) in [5.74, 6) is -0.165. The van der Waals surface area contributed by atoms with Crippen molar-refractivity contribution in [2.24, 2.45) is 0 Å². The summed E-state index contributed by atoms with van der Waals surface area (Å²) in [5.41, 5.74) is 0.508. The van der Waals surface area contributed by atoms with Gasteiger partial charge in [-0.1, -0.05) is 12.1 Å². The first kappa shape index (κ1) is 20.1. The number of rotatable bonds is 5. The molecule has 1 heterocycles. The summed E-state index contributed by atoms with van der Waals surface area (Å²) in [7, 11) is 4.31. The molecule has 9 nitrogen and oxygen atoms in total. The third kappa shape index (κ3) is 3.97. The molecule has 1 atom stereocenters. The molecule has 0 saturated heterocycles. The fourth-order valence-electron chi connectivity index (χ4n) is 2.74. The molecule has 1 N–H and O–H groups in total. The van der Waals surface area contributed by atoms with E-state index in [0.717, 1.165) is 0 Å². The molecule has 1 aromatic rings. The lowest BCUT2D eigenvalue weighted by molar-refractivity contribution is -0.139. The largest absolute Gasteiger partial charge is 0.493 e. The van der Waals surface area contributed by atoms with Gasteiger partial charge in [-0.15, -0.1) is 0 Å². The number of benzene rings is 1. The van der Waals surface area contributed by atoms with E-state index < -0.39 is 24.2 Å². The van der Waals surface area contributed by atoms with E-state index in [2.05, 4.69) is 5.32 Å². The number of allylic oxidation sites excluding steroid dienone is 1. The average Bonchev–Trinajstić information content (AvgIpc) is 2.64. The van der Waals surface area contributed by atoms with Gasteiger partial charge in [0.05, 0.1) is 19.8 Å². The van der Waals surface area contributed by atoms with Crippen LogP contribution in [0.25, 0.3) is 0 Å². The molecule has 0 spiro atoms. The third-order valence-corrected chi connectivity index (χ3v) is 3.99. The Morgan fingerprint density at radius 3 is 2.63 bits per heavy atom. The van der Waals surface area contributed by atoms with E-state index in [0.29, 0.717) is 11.3 Å². The summed E-state index contributed by atoms with van der Waals surface area (Å²) in [5, 5.41) is 2.31. The Morgan fingerprint density at radius 2 is 2.04 bits per heavy atom. The normalized spacial score (nSPS) is 16.6. The minimum Gasteiger partial charge on any atom is -0.493 e. The number of amides is 2. The van der Waals surface area contributed by atoms with Crippen LogP contribution in [0.1, 0.15) is 25.5 Å². The fourth-order valence-corrected chi connectivity index (χ4v) is 2.74. The van der Waals surface area contributed by atoms with Crippen molar-refractivity contribution in [2.45, 2.75) is 19.9 Å². The van der Waals surface area contributed by atoms with E-state index >= 15 is 0 Å². The minimum absolute atomic E-state index is 0.00752. The van der Waals surface area contributed by atoms with Crippen molar-refractivity contribution < 1.29 is 33.3 Å². The molecule has 0 radical (unpaired) electrons. The van der Waals surface area contributed by atoms with Crippen LogP contribution in [0, 0.1) is 0 Å². The van der Waals surface area contributed by atoms with Gasteiger partial charge in [0.15, 0.2) is 11.5 Å². The zero-order valence-corrected chi connectivity index (χ0v) is 15.8. The number of esters is 1. The van der Waals surface area contributed by atoms with Crippen LogP contribution in [0.5, 0.6) is 11.5 Å². The van der Waals surface area contributed by atoms with E-state index in [9.17, 15) is 14.4 Å². The second-order valence-electron chi connectivity index (χ2n) is 5.59. The highest BCUT2D eigenvalue weighted by Gasteiger charge is 2.40. The molecule has 2 rings (SSSR count). The minimum atomic E-state index is -0.889. The number of carbonyl (C=O) groups excluding carboxylic acids is 3. The summed E-state index contributed by atoms with van der Waals surface area (Å²) >= 11 is 0. The molecule has 146 valence electrons. The SMILES string of the molecule is CCOC(=O)/C(=C(/C)OC(=O)NC)C1c2cccc(OC)c2OC(=O)N1C. The van der Waals surface area contributed by atoms with E-state index in [1.54, 1.807) is 25.1 Å². The number of hydrogen-bond acceptors (Lipinski definition) is 7. The molecule has 27 heavy (non-hydrogen) atoms. The van der Waals surface area contributed by atoms with Crippen molar-refractivity contribution in [3.05, 3.63) is 35.1 Å². The van der Waals surface area contributed by atoms with Crippen LogP contribution in [0.4, 0.5) is 9.59 Å².